The molecule has 0 unspecified atom stereocenters. The van der Waals surface area contributed by atoms with E-state index in [2.05, 4.69) is 13.2 Å². The molecular weight excluding hydrogens is 484 g/mol. The summed E-state index contributed by atoms with van der Waals surface area (Å²) in [5, 5.41) is 0. The van der Waals surface area contributed by atoms with Crippen molar-refractivity contribution in [2.45, 2.75) is 26.1 Å². The molecule has 7 heteroatoms. The van der Waals surface area contributed by atoms with Gasteiger partial charge in [0, 0.05) is 30.9 Å². The maximum atomic E-state index is 13.6. The standard InChI is InChI=1S/C31H30O7/c1-20(2)19-28(32)37-26-17-13-25(14-18-26)31(35-5,36-6)29(33)24-9-7-22(8-10-24)23-11-15-27(16-12-23)38-30(34)21(3)4/h7-18H,1,3,19H2,2,4-6H3. The second-order valence-electron chi connectivity index (χ2n) is 8.76. The van der Waals surface area contributed by atoms with Crippen molar-refractivity contribution in [1.82, 2.24) is 0 Å². The number of esters is 2. The smallest absolute Gasteiger partial charge is 0.338 e. The second-order valence-corrected chi connectivity index (χ2v) is 8.76. The van der Waals surface area contributed by atoms with E-state index in [0.717, 1.165) is 11.1 Å². The van der Waals surface area contributed by atoms with Crippen LogP contribution in [0.2, 0.25) is 0 Å². The Balaban J connectivity index is 1.79. The van der Waals surface area contributed by atoms with E-state index in [0.29, 0.717) is 33.8 Å². The summed E-state index contributed by atoms with van der Waals surface area (Å²) in [6.45, 7) is 10.6. The predicted octanol–water partition coefficient (Wildman–Crippen LogP) is 6.04. The SMILES string of the molecule is C=C(C)CC(=O)Oc1ccc(C(OC)(OC)C(=O)c2ccc(-c3ccc(OC(=O)C(=C)C)cc3)cc2)cc1. The Hall–Kier alpha value is -4.33. The van der Waals surface area contributed by atoms with E-state index in [9.17, 15) is 14.4 Å². The van der Waals surface area contributed by atoms with Gasteiger partial charge in [-0.1, -0.05) is 55.1 Å². The van der Waals surface area contributed by atoms with Gasteiger partial charge in [0.15, 0.2) is 0 Å². The fourth-order valence-corrected chi connectivity index (χ4v) is 3.71. The molecule has 0 atom stereocenters. The molecule has 3 aromatic carbocycles. The zero-order valence-corrected chi connectivity index (χ0v) is 21.9. The molecule has 0 bridgehead atoms. The summed E-state index contributed by atoms with van der Waals surface area (Å²) < 4.78 is 21.7. The number of rotatable bonds is 11. The molecule has 0 N–H and O–H groups in total. The molecule has 38 heavy (non-hydrogen) atoms. The minimum atomic E-state index is -1.70. The van der Waals surface area contributed by atoms with Crippen LogP contribution >= 0.6 is 0 Å². The van der Waals surface area contributed by atoms with Crippen LogP contribution in [0.1, 0.15) is 36.2 Å². The van der Waals surface area contributed by atoms with E-state index in [1.807, 2.05) is 24.3 Å². The van der Waals surface area contributed by atoms with Crippen molar-refractivity contribution in [2.75, 3.05) is 14.2 Å². The Labute approximate surface area is 222 Å². The summed E-state index contributed by atoms with van der Waals surface area (Å²) in [5.41, 5.74) is 3.57. The summed E-state index contributed by atoms with van der Waals surface area (Å²) >= 11 is 0. The Morgan fingerprint density at radius 1 is 0.711 bits per heavy atom. The number of ether oxygens (including phenoxy) is 4. The fraction of sp³-hybridized carbons (Fsp3) is 0.194. The summed E-state index contributed by atoms with van der Waals surface area (Å²) in [7, 11) is 2.78. The monoisotopic (exact) mass is 514 g/mol. The maximum Gasteiger partial charge on any atom is 0.338 e. The van der Waals surface area contributed by atoms with Gasteiger partial charge in [-0.3, -0.25) is 9.59 Å². The number of carbonyl (C=O) groups excluding carboxylic acids is 3. The van der Waals surface area contributed by atoms with Gasteiger partial charge in [0.2, 0.25) is 5.78 Å². The first-order valence-electron chi connectivity index (χ1n) is 11.8. The van der Waals surface area contributed by atoms with Gasteiger partial charge >= 0.3 is 11.9 Å². The van der Waals surface area contributed by atoms with Crippen LogP contribution in [-0.2, 0) is 24.8 Å². The Bertz CT molecular complexity index is 1330. The quantitative estimate of drug-likeness (QED) is 0.0770. The minimum Gasteiger partial charge on any atom is -0.426 e. The van der Waals surface area contributed by atoms with E-state index < -0.39 is 23.5 Å². The number of benzene rings is 3. The summed E-state index contributed by atoms with van der Waals surface area (Å²) in [6, 6.07) is 20.4. The van der Waals surface area contributed by atoms with Crippen LogP contribution in [0, 0.1) is 0 Å². The zero-order chi connectivity index (χ0) is 27.9. The van der Waals surface area contributed by atoms with Gasteiger partial charge in [-0.05, 0) is 61.4 Å². The van der Waals surface area contributed by atoms with Crippen molar-refractivity contribution in [2.24, 2.45) is 0 Å². The molecule has 0 fully saturated rings. The van der Waals surface area contributed by atoms with Crippen LogP contribution in [0.25, 0.3) is 11.1 Å². The highest BCUT2D eigenvalue weighted by atomic mass is 16.7. The molecule has 7 nitrogen and oxygen atoms in total. The minimum absolute atomic E-state index is 0.114. The molecular formula is C31H30O7. The molecule has 0 aliphatic heterocycles. The topological polar surface area (TPSA) is 88.1 Å². The first-order valence-corrected chi connectivity index (χ1v) is 11.8. The Morgan fingerprint density at radius 3 is 1.66 bits per heavy atom. The van der Waals surface area contributed by atoms with Crippen molar-refractivity contribution in [3.05, 3.63) is 108 Å². The van der Waals surface area contributed by atoms with Crippen LogP contribution in [-0.4, -0.2) is 31.9 Å². The Kier molecular flexibility index (Phi) is 9.12. The molecule has 0 amide bonds. The molecule has 0 aliphatic carbocycles. The number of hydrogen-bond donors (Lipinski definition) is 0. The lowest BCUT2D eigenvalue weighted by Crippen LogP contribution is -2.40. The van der Waals surface area contributed by atoms with E-state index in [-0.39, 0.29) is 6.42 Å². The van der Waals surface area contributed by atoms with Crippen molar-refractivity contribution in [1.29, 1.82) is 0 Å². The highest BCUT2D eigenvalue weighted by Gasteiger charge is 2.41. The van der Waals surface area contributed by atoms with Gasteiger partial charge in [-0.25, -0.2) is 4.79 Å². The Morgan fingerprint density at radius 2 is 1.18 bits per heavy atom. The van der Waals surface area contributed by atoms with Crippen molar-refractivity contribution < 1.29 is 33.3 Å². The molecule has 0 radical (unpaired) electrons. The fourth-order valence-electron chi connectivity index (χ4n) is 3.71. The maximum absolute atomic E-state index is 13.6. The van der Waals surface area contributed by atoms with Gasteiger partial charge in [0.25, 0.3) is 5.79 Å². The van der Waals surface area contributed by atoms with E-state index >= 15 is 0 Å². The van der Waals surface area contributed by atoms with Crippen LogP contribution in [0.4, 0.5) is 0 Å². The number of Topliss-reactive ketones (excluding diaryl/α,β-unsaturated/α-hetero) is 1. The molecule has 0 aliphatic rings. The highest BCUT2D eigenvalue weighted by Crippen LogP contribution is 2.33. The van der Waals surface area contributed by atoms with Gasteiger partial charge in [0.05, 0.1) is 6.42 Å². The first kappa shape index (κ1) is 28.2. The number of methoxy groups -OCH3 is 2. The summed E-state index contributed by atoms with van der Waals surface area (Å²) in [4.78, 5) is 37.2. The average Bonchev–Trinajstić information content (AvgIpc) is 2.90. The molecule has 0 saturated heterocycles. The van der Waals surface area contributed by atoms with Gasteiger partial charge in [-0.15, -0.1) is 0 Å². The van der Waals surface area contributed by atoms with Crippen molar-refractivity contribution >= 4 is 17.7 Å². The van der Waals surface area contributed by atoms with E-state index in [1.54, 1.807) is 62.4 Å². The third-order valence-corrected chi connectivity index (χ3v) is 5.68. The third-order valence-electron chi connectivity index (χ3n) is 5.68. The van der Waals surface area contributed by atoms with Crippen LogP contribution in [0.3, 0.4) is 0 Å². The van der Waals surface area contributed by atoms with Crippen molar-refractivity contribution in [3.63, 3.8) is 0 Å². The lowest BCUT2D eigenvalue weighted by Gasteiger charge is -2.30. The largest absolute Gasteiger partial charge is 0.426 e. The van der Waals surface area contributed by atoms with E-state index in [4.69, 9.17) is 18.9 Å². The summed E-state index contributed by atoms with van der Waals surface area (Å²) in [5.74, 6) is -2.26. The number of hydrogen-bond acceptors (Lipinski definition) is 7. The van der Waals surface area contributed by atoms with E-state index in [1.165, 1.54) is 14.2 Å². The van der Waals surface area contributed by atoms with Crippen molar-refractivity contribution in [3.8, 4) is 22.6 Å². The van der Waals surface area contributed by atoms with Crippen LogP contribution in [0.15, 0.2) is 97.1 Å². The second kappa shape index (κ2) is 12.3. The zero-order valence-electron chi connectivity index (χ0n) is 21.9. The first-order chi connectivity index (χ1) is 18.1. The van der Waals surface area contributed by atoms with Gasteiger partial charge in [-0.2, -0.15) is 0 Å². The molecule has 196 valence electrons. The molecule has 0 saturated carbocycles. The van der Waals surface area contributed by atoms with Gasteiger partial charge < -0.3 is 18.9 Å². The normalized spacial score (nSPS) is 10.9. The number of carbonyl (C=O) groups is 3. The third kappa shape index (κ3) is 6.51. The van der Waals surface area contributed by atoms with Crippen LogP contribution < -0.4 is 9.47 Å². The lowest BCUT2D eigenvalue weighted by atomic mass is 9.94. The molecule has 0 spiro atoms. The van der Waals surface area contributed by atoms with Gasteiger partial charge in [0.1, 0.15) is 11.5 Å². The molecule has 0 heterocycles. The predicted molar refractivity (Wildman–Crippen MR) is 144 cm³/mol. The number of ketones is 1. The highest BCUT2D eigenvalue weighted by molar-refractivity contribution is 6.02. The average molecular weight is 515 g/mol. The molecule has 3 aromatic rings. The molecule has 0 aromatic heterocycles. The molecule has 3 rings (SSSR count). The van der Waals surface area contributed by atoms with Crippen LogP contribution in [0.5, 0.6) is 11.5 Å². The summed E-state index contributed by atoms with van der Waals surface area (Å²) in [6.07, 6.45) is 0.114. The lowest BCUT2D eigenvalue weighted by molar-refractivity contribution is -0.176.